The van der Waals surface area contributed by atoms with Crippen LogP contribution in [0.4, 0.5) is 4.39 Å². The van der Waals surface area contributed by atoms with E-state index in [1.54, 1.807) is 22.7 Å². The number of aromatic nitrogens is 2. The molecule has 0 aliphatic carbocycles. The molecule has 1 aromatic heterocycles. The van der Waals surface area contributed by atoms with Gasteiger partial charge in [0.05, 0.1) is 6.54 Å². The fourth-order valence-corrected chi connectivity index (χ4v) is 3.90. The van der Waals surface area contributed by atoms with Crippen LogP contribution in [0.15, 0.2) is 51.9 Å². The fraction of sp³-hybridized carbons (Fsp3) is 0.250. The normalized spacial score (nSPS) is 16.8. The lowest BCUT2D eigenvalue weighted by molar-refractivity contribution is -0.130. The lowest BCUT2D eigenvalue weighted by Crippen LogP contribution is -2.28. The Hall–Kier alpha value is -2.38. The average Bonchev–Trinajstić information content (AvgIpc) is 3.32. The number of carbonyl (C=O) groups is 1. The molecule has 4 rings (SSSR count). The Balaban J connectivity index is 1.59. The number of halogens is 2. The van der Waals surface area contributed by atoms with Crippen molar-refractivity contribution in [3.8, 4) is 11.4 Å². The second kappa shape index (κ2) is 7.93. The summed E-state index contributed by atoms with van der Waals surface area (Å²) in [7, 11) is 0. The smallest absolute Gasteiger partial charge is 0.249 e. The number of benzene rings is 2. The van der Waals surface area contributed by atoms with Crippen molar-refractivity contribution in [2.45, 2.75) is 30.3 Å². The molecule has 144 valence electrons. The molecule has 0 radical (unpaired) electrons. The highest BCUT2D eigenvalue weighted by Gasteiger charge is 2.36. The topological polar surface area (TPSA) is 59.2 Å². The molecule has 5 nitrogen and oxygen atoms in total. The van der Waals surface area contributed by atoms with Crippen LogP contribution < -0.4 is 0 Å². The average molecular weight is 418 g/mol. The van der Waals surface area contributed by atoms with Gasteiger partial charge in [0, 0.05) is 27.5 Å². The van der Waals surface area contributed by atoms with Crippen molar-refractivity contribution in [3.63, 3.8) is 0 Å². The molecule has 28 heavy (non-hydrogen) atoms. The lowest BCUT2D eigenvalue weighted by Gasteiger charge is -2.22. The second-order valence-corrected chi connectivity index (χ2v) is 7.75. The summed E-state index contributed by atoms with van der Waals surface area (Å²) in [5.41, 5.74) is 1.12. The molecule has 2 heterocycles. The molecule has 0 N–H and O–H groups in total. The Morgan fingerprint density at radius 2 is 2.07 bits per heavy atom. The third-order valence-corrected chi connectivity index (χ3v) is 5.89. The SMILES string of the molecule is CSc1ccc(-c2noc(C3CCC(=O)N3Cc3c(F)cccc3Cl)n2)cc1. The largest absolute Gasteiger partial charge is 0.337 e. The van der Waals surface area contributed by atoms with Gasteiger partial charge in [-0.1, -0.05) is 22.8 Å². The number of amides is 1. The van der Waals surface area contributed by atoms with Gasteiger partial charge in [-0.15, -0.1) is 11.8 Å². The zero-order valence-electron chi connectivity index (χ0n) is 15.1. The van der Waals surface area contributed by atoms with Crippen LogP contribution in [0.3, 0.4) is 0 Å². The van der Waals surface area contributed by atoms with E-state index in [0.29, 0.717) is 29.6 Å². The number of carbonyl (C=O) groups excluding carboxylic acids is 1. The Morgan fingerprint density at radius 1 is 1.29 bits per heavy atom. The Labute approximate surface area is 170 Å². The molecule has 1 unspecified atom stereocenters. The predicted molar refractivity (Wildman–Crippen MR) is 105 cm³/mol. The van der Waals surface area contributed by atoms with Gasteiger partial charge in [-0.3, -0.25) is 4.79 Å². The van der Waals surface area contributed by atoms with Crippen molar-refractivity contribution in [2.75, 3.05) is 6.26 Å². The molecule has 3 aromatic rings. The molecule has 1 fully saturated rings. The van der Waals surface area contributed by atoms with E-state index in [4.69, 9.17) is 16.1 Å². The summed E-state index contributed by atoms with van der Waals surface area (Å²) in [5.74, 6) is 0.285. The first-order chi connectivity index (χ1) is 13.6. The number of likely N-dealkylation sites (tertiary alicyclic amines) is 1. The maximum atomic E-state index is 14.2. The van der Waals surface area contributed by atoms with Gasteiger partial charge in [-0.2, -0.15) is 4.98 Å². The summed E-state index contributed by atoms with van der Waals surface area (Å²) in [5, 5.41) is 4.35. The molecule has 0 bridgehead atoms. The van der Waals surface area contributed by atoms with Gasteiger partial charge in [0.25, 0.3) is 0 Å². The predicted octanol–water partition coefficient (Wildman–Crippen LogP) is 5.11. The molecule has 2 aromatic carbocycles. The first kappa shape index (κ1) is 19.0. The maximum absolute atomic E-state index is 14.2. The molecule has 1 aliphatic heterocycles. The van der Waals surface area contributed by atoms with Gasteiger partial charge in [0.15, 0.2) is 0 Å². The van der Waals surface area contributed by atoms with Gasteiger partial charge in [0.2, 0.25) is 17.6 Å². The van der Waals surface area contributed by atoms with Crippen molar-refractivity contribution in [1.82, 2.24) is 15.0 Å². The molecule has 1 amide bonds. The van der Waals surface area contributed by atoms with Gasteiger partial charge in [-0.25, -0.2) is 4.39 Å². The van der Waals surface area contributed by atoms with Crippen molar-refractivity contribution in [1.29, 1.82) is 0 Å². The van der Waals surface area contributed by atoms with E-state index in [1.807, 2.05) is 30.5 Å². The minimum absolute atomic E-state index is 0.0646. The molecule has 0 saturated carbocycles. The highest BCUT2D eigenvalue weighted by molar-refractivity contribution is 7.98. The van der Waals surface area contributed by atoms with E-state index in [0.717, 1.165) is 10.5 Å². The summed E-state index contributed by atoms with van der Waals surface area (Å²) in [6.07, 6.45) is 2.89. The van der Waals surface area contributed by atoms with Crippen molar-refractivity contribution in [2.24, 2.45) is 0 Å². The molecular weight excluding hydrogens is 401 g/mol. The summed E-state index contributed by atoms with van der Waals surface area (Å²) in [6, 6.07) is 11.9. The third kappa shape index (κ3) is 3.64. The standard InChI is InChI=1S/C20H17ClFN3O2S/c1-28-13-7-5-12(6-8-13)19-23-20(27-24-19)17-9-10-18(26)25(17)11-14-15(21)3-2-4-16(14)22/h2-8,17H,9-11H2,1H3. The number of rotatable bonds is 5. The van der Waals surface area contributed by atoms with E-state index in [9.17, 15) is 9.18 Å². The van der Waals surface area contributed by atoms with Crippen LogP contribution in [0, 0.1) is 5.82 Å². The Morgan fingerprint density at radius 3 is 2.79 bits per heavy atom. The zero-order chi connectivity index (χ0) is 19.7. The number of nitrogens with zero attached hydrogens (tertiary/aromatic N) is 3. The number of thioether (sulfide) groups is 1. The van der Waals surface area contributed by atoms with Crippen LogP contribution in [0.2, 0.25) is 5.02 Å². The monoisotopic (exact) mass is 417 g/mol. The van der Waals surface area contributed by atoms with Crippen LogP contribution in [-0.4, -0.2) is 27.2 Å². The minimum Gasteiger partial charge on any atom is -0.337 e. The highest BCUT2D eigenvalue weighted by Crippen LogP contribution is 2.35. The Kier molecular flexibility index (Phi) is 5.37. The molecular formula is C20H17ClFN3O2S. The minimum atomic E-state index is -0.439. The van der Waals surface area contributed by atoms with Crippen LogP contribution in [0.1, 0.15) is 30.3 Å². The van der Waals surface area contributed by atoms with Gasteiger partial charge >= 0.3 is 0 Å². The van der Waals surface area contributed by atoms with E-state index in [1.165, 1.54) is 12.1 Å². The van der Waals surface area contributed by atoms with E-state index < -0.39 is 11.9 Å². The van der Waals surface area contributed by atoms with Crippen molar-refractivity contribution in [3.05, 3.63) is 64.8 Å². The zero-order valence-corrected chi connectivity index (χ0v) is 16.6. The first-order valence-corrected chi connectivity index (χ1v) is 10.4. The highest BCUT2D eigenvalue weighted by atomic mass is 35.5. The Bertz CT molecular complexity index is 989. The van der Waals surface area contributed by atoms with Gasteiger partial charge in [0.1, 0.15) is 11.9 Å². The molecule has 1 saturated heterocycles. The van der Waals surface area contributed by atoms with Crippen molar-refractivity contribution < 1.29 is 13.7 Å². The maximum Gasteiger partial charge on any atom is 0.249 e. The first-order valence-electron chi connectivity index (χ1n) is 8.77. The van der Waals surface area contributed by atoms with Crippen LogP contribution in [-0.2, 0) is 11.3 Å². The van der Waals surface area contributed by atoms with E-state index >= 15 is 0 Å². The molecule has 1 aliphatic rings. The van der Waals surface area contributed by atoms with Gasteiger partial charge in [-0.05, 0) is 49.1 Å². The quantitative estimate of drug-likeness (QED) is 0.539. The summed E-state index contributed by atoms with van der Waals surface area (Å²) < 4.78 is 19.6. The molecule has 0 spiro atoms. The third-order valence-electron chi connectivity index (χ3n) is 4.79. The second-order valence-electron chi connectivity index (χ2n) is 6.46. The summed E-state index contributed by atoms with van der Waals surface area (Å²) in [6.45, 7) is 0.0646. The van der Waals surface area contributed by atoms with Crippen LogP contribution in [0.25, 0.3) is 11.4 Å². The molecule has 1 atom stereocenters. The van der Waals surface area contributed by atoms with Crippen LogP contribution in [0.5, 0.6) is 0 Å². The lowest BCUT2D eigenvalue weighted by atomic mass is 10.1. The fourth-order valence-electron chi connectivity index (χ4n) is 3.27. The summed E-state index contributed by atoms with van der Waals surface area (Å²) in [4.78, 5) is 19.6. The van der Waals surface area contributed by atoms with E-state index in [2.05, 4.69) is 10.1 Å². The number of hydrogen-bond donors (Lipinski definition) is 0. The van der Waals surface area contributed by atoms with Crippen molar-refractivity contribution >= 4 is 29.3 Å². The summed E-state index contributed by atoms with van der Waals surface area (Å²) >= 11 is 7.78. The molecule has 8 heteroatoms. The number of hydrogen-bond acceptors (Lipinski definition) is 5. The van der Waals surface area contributed by atoms with Gasteiger partial charge < -0.3 is 9.42 Å². The van der Waals surface area contributed by atoms with E-state index in [-0.39, 0.29) is 18.0 Å². The van der Waals surface area contributed by atoms with Crippen LogP contribution >= 0.6 is 23.4 Å².